The molecule has 37 heavy (non-hydrogen) atoms. The van der Waals surface area contributed by atoms with Crippen LogP contribution in [0.25, 0.3) is 0 Å². The molecule has 4 aromatic carbocycles. The van der Waals surface area contributed by atoms with Crippen molar-refractivity contribution in [2.24, 2.45) is 0 Å². The molecule has 188 valence electrons. The Morgan fingerprint density at radius 2 is 1.62 bits per heavy atom. The molecule has 0 aliphatic heterocycles. The van der Waals surface area contributed by atoms with Gasteiger partial charge in [-0.2, -0.15) is 0 Å². The number of carbonyl (C=O) groups excluding carboxylic acids is 1. The third-order valence-electron chi connectivity index (χ3n) is 5.66. The second kappa shape index (κ2) is 11.6. The van der Waals surface area contributed by atoms with Crippen LogP contribution in [-0.2, 0) is 16.6 Å². The Labute approximate surface area is 217 Å². The van der Waals surface area contributed by atoms with Crippen LogP contribution in [0.5, 0.6) is 5.75 Å². The minimum absolute atomic E-state index is 0.0617. The first-order valence-corrected chi connectivity index (χ1v) is 13.2. The van der Waals surface area contributed by atoms with E-state index in [0.29, 0.717) is 18.0 Å². The summed E-state index contributed by atoms with van der Waals surface area (Å²) in [6, 6.07) is 29.7. The summed E-state index contributed by atoms with van der Waals surface area (Å²) < 4.78 is 34.6. The molecule has 0 saturated carbocycles. The lowest BCUT2D eigenvalue weighted by Gasteiger charge is -2.26. The summed E-state index contributed by atoms with van der Waals surface area (Å²) in [6.07, 6.45) is 1.64. The summed E-state index contributed by atoms with van der Waals surface area (Å²) in [5, 5.41) is 2.87. The van der Waals surface area contributed by atoms with Crippen LogP contribution in [0.2, 0.25) is 0 Å². The van der Waals surface area contributed by atoms with Crippen LogP contribution in [0.15, 0.2) is 121 Å². The minimum atomic E-state index is -3.99. The van der Waals surface area contributed by atoms with E-state index in [1.165, 1.54) is 4.31 Å². The molecular weight excluding hydrogens is 484 g/mol. The van der Waals surface area contributed by atoms with E-state index in [-0.39, 0.29) is 22.7 Å². The average Bonchev–Trinajstić information content (AvgIpc) is 2.91. The van der Waals surface area contributed by atoms with Crippen LogP contribution in [0, 0.1) is 6.92 Å². The van der Waals surface area contributed by atoms with Crippen molar-refractivity contribution in [1.82, 2.24) is 0 Å². The molecule has 4 rings (SSSR count). The van der Waals surface area contributed by atoms with Gasteiger partial charge in [0.1, 0.15) is 12.4 Å². The number of amides is 1. The summed E-state index contributed by atoms with van der Waals surface area (Å²) in [6.45, 7) is 5.94. The van der Waals surface area contributed by atoms with E-state index in [1.807, 2.05) is 37.3 Å². The molecule has 7 heteroatoms. The molecule has 0 bridgehead atoms. The molecule has 0 heterocycles. The van der Waals surface area contributed by atoms with Gasteiger partial charge in [-0.05, 0) is 48.9 Å². The molecule has 0 radical (unpaired) electrons. The van der Waals surface area contributed by atoms with Crippen LogP contribution in [-0.4, -0.2) is 20.9 Å². The predicted molar refractivity (Wildman–Crippen MR) is 148 cm³/mol. The quantitative estimate of drug-likeness (QED) is 0.257. The summed E-state index contributed by atoms with van der Waals surface area (Å²) in [4.78, 5) is 13.6. The van der Waals surface area contributed by atoms with Gasteiger partial charge in [0.15, 0.2) is 0 Å². The van der Waals surface area contributed by atoms with Crippen molar-refractivity contribution in [3.8, 4) is 5.75 Å². The van der Waals surface area contributed by atoms with Crippen LogP contribution in [0.4, 0.5) is 11.4 Å². The fourth-order valence-corrected chi connectivity index (χ4v) is 5.26. The number of hydrogen-bond acceptors (Lipinski definition) is 4. The van der Waals surface area contributed by atoms with Crippen molar-refractivity contribution in [3.63, 3.8) is 0 Å². The van der Waals surface area contributed by atoms with Crippen LogP contribution in [0.1, 0.15) is 21.5 Å². The molecule has 0 fully saturated rings. The third-order valence-corrected chi connectivity index (χ3v) is 7.43. The van der Waals surface area contributed by atoms with E-state index in [1.54, 1.807) is 78.9 Å². The van der Waals surface area contributed by atoms with E-state index >= 15 is 0 Å². The Bertz CT molecular complexity index is 1480. The van der Waals surface area contributed by atoms with E-state index in [4.69, 9.17) is 4.74 Å². The first kappa shape index (κ1) is 25.7. The fraction of sp³-hybridized carbons (Fsp3) is 0.100. The number of rotatable bonds is 10. The van der Waals surface area contributed by atoms with Gasteiger partial charge in [0, 0.05) is 11.8 Å². The lowest BCUT2D eigenvalue weighted by molar-refractivity contribution is 0.102. The number of benzene rings is 4. The van der Waals surface area contributed by atoms with Crippen molar-refractivity contribution in [1.29, 1.82) is 0 Å². The van der Waals surface area contributed by atoms with Gasteiger partial charge in [0.25, 0.3) is 15.9 Å². The van der Waals surface area contributed by atoms with Crippen LogP contribution in [0.3, 0.4) is 0 Å². The number of nitrogens with one attached hydrogen (secondary N) is 1. The average molecular weight is 513 g/mol. The van der Waals surface area contributed by atoms with Crippen LogP contribution >= 0.6 is 0 Å². The zero-order chi connectivity index (χ0) is 26.3. The van der Waals surface area contributed by atoms with Gasteiger partial charge in [-0.25, -0.2) is 8.42 Å². The number of anilines is 2. The largest absolute Gasteiger partial charge is 0.489 e. The number of hydrogen-bond donors (Lipinski definition) is 1. The highest BCUT2D eigenvalue weighted by Gasteiger charge is 2.28. The second-order valence-electron chi connectivity index (χ2n) is 8.41. The van der Waals surface area contributed by atoms with Crippen molar-refractivity contribution < 1.29 is 17.9 Å². The molecule has 0 aliphatic rings. The first-order valence-electron chi connectivity index (χ1n) is 11.8. The molecule has 0 aromatic heterocycles. The monoisotopic (exact) mass is 512 g/mol. The van der Waals surface area contributed by atoms with Gasteiger partial charge in [-0.15, -0.1) is 0 Å². The summed E-state index contributed by atoms with van der Waals surface area (Å²) in [5.74, 6) is 0.146. The molecule has 0 aliphatic carbocycles. The summed E-state index contributed by atoms with van der Waals surface area (Å²) >= 11 is 0. The number of sulfonamides is 1. The van der Waals surface area contributed by atoms with Gasteiger partial charge in [0.2, 0.25) is 0 Å². The summed E-state index contributed by atoms with van der Waals surface area (Å²) in [7, 11) is -3.99. The van der Waals surface area contributed by atoms with Gasteiger partial charge in [-0.1, -0.05) is 78.9 Å². The van der Waals surface area contributed by atoms with E-state index in [9.17, 15) is 13.2 Å². The number of para-hydroxylation sites is 1. The van der Waals surface area contributed by atoms with Crippen molar-refractivity contribution in [3.05, 3.63) is 132 Å². The minimum Gasteiger partial charge on any atom is -0.489 e. The molecule has 0 spiro atoms. The zero-order valence-corrected chi connectivity index (χ0v) is 21.3. The number of nitrogens with zero attached hydrogens (tertiary/aromatic N) is 1. The molecule has 1 amide bonds. The Kier molecular flexibility index (Phi) is 8.05. The van der Waals surface area contributed by atoms with Gasteiger partial charge in [0.05, 0.1) is 22.7 Å². The number of carbonyl (C=O) groups is 1. The maximum absolute atomic E-state index is 13.9. The highest BCUT2D eigenvalue weighted by molar-refractivity contribution is 7.92. The van der Waals surface area contributed by atoms with Gasteiger partial charge >= 0.3 is 0 Å². The van der Waals surface area contributed by atoms with Crippen molar-refractivity contribution in [2.45, 2.75) is 18.4 Å². The Morgan fingerprint density at radius 3 is 2.35 bits per heavy atom. The number of aryl methyl sites for hydroxylation is 1. The smallest absolute Gasteiger partial charge is 0.264 e. The van der Waals surface area contributed by atoms with E-state index < -0.39 is 15.9 Å². The first-order chi connectivity index (χ1) is 17.9. The van der Waals surface area contributed by atoms with Crippen molar-refractivity contribution in [2.75, 3.05) is 16.2 Å². The second-order valence-corrected chi connectivity index (χ2v) is 10.3. The predicted octanol–water partition coefficient (Wildman–Crippen LogP) is 6.21. The van der Waals surface area contributed by atoms with Gasteiger partial charge in [-0.3, -0.25) is 9.10 Å². The molecule has 1 N–H and O–H groups in total. The third kappa shape index (κ3) is 6.26. The Balaban J connectivity index is 1.73. The topological polar surface area (TPSA) is 75.7 Å². The maximum atomic E-state index is 13.9. The molecular formula is C30H28N2O4S. The zero-order valence-electron chi connectivity index (χ0n) is 20.5. The highest BCUT2D eigenvalue weighted by Crippen LogP contribution is 2.30. The maximum Gasteiger partial charge on any atom is 0.264 e. The molecule has 0 saturated heterocycles. The molecule has 0 atom stereocenters. The summed E-state index contributed by atoms with van der Waals surface area (Å²) in [5.41, 5.74) is 2.78. The van der Waals surface area contributed by atoms with Gasteiger partial charge < -0.3 is 10.1 Å². The lowest BCUT2D eigenvalue weighted by Crippen LogP contribution is -2.32. The Morgan fingerprint density at radius 1 is 0.919 bits per heavy atom. The normalized spacial score (nSPS) is 10.9. The van der Waals surface area contributed by atoms with E-state index in [0.717, 1.165) is 11.1 Å². The Hall–Kier alpha value is -4.36. The standard InChI is InChI=1S/C30H28N2O4S/c1-3-20-36-26-13-9-12-25(21-26)31-30(33)28-14-7-8-15-29(28)32(22-24-10-5-4-6-11-24)37(34,35)27-18-16-23(2)17-19-27/h3-19,21H,1,20,22H2,2H3,(H,31,33). The van der Waals surface area contributed by atoms with Crippen LogP contribution < -0.4 is 14.4 Å². The molecule has 6 nitrogen and oxygen atoms in total. The molecule has 4 aromatic rings. The SMILES string of the molecule is C=CCOc1cccc(NC(=O)c2ccccc2N(Cc2ccccc2)S(=O)(=O)c2ccc(C)cc2)c1. The van der Waals surface area contributed by atoms with E-state index in [2.05, 4.69) is 11.9 Å². The lowest BCUT2D eigenvalue weighted by atomic mass is 10.1. The van der Waals surface area contributed by atoms with Crippen molar-refractivity contribution >= 4 is 27.3 Å². The fourth-order valence-electron chi connectivity index (χ4n) is 3.79. The number of ether oxygens (including phenoxy) is 1. The highest BCUT2D eigenvalue weighted by atomic mass is 32.2. The molecule has 0 unspecified atom stereocenters.